The molecule has 2 aromatic rings. The van der Waals surface area contributed by atoms with Crippen molar-refractivity contribution in [3.05, 3.63) is 52.2 Å². The zero-order chi connectivity index (χ0) is 11.8. The number of hydrogen-bond acceptors (Lipinski definition) is 2. The molecule has 0 fully saturated rings. The maximum Gasteiger partial charge on any atom is 0.258 e. The van der Waals surface area contributed by atoms with Crippen LogP contribution in [0.5, 0.6) is 0 Å². The zero-order valence-electron chi connectivity index (χ0n) is 9.38. The lowest BCUT2D eigenvalue weighted by atomic mass is 10.1. The van der Waals surface area contributed by atoms with Gasteiger partial charge < -0.3 is 4.90 Å². The minimum atomic E-state index is 0.0670. The number of likely N-dealkylation sites (N-methyl/N-ethyl adjacent to an activating group) is 1. The second-order valence-corrected chi connectivity index (χ2v) is 4.78. The third-order valence-corrected chi connectivity index (χ3v) is 3.65. The van der Waals surface area contributed by atoms with Crippen LogP contribution in [0.3, 0.4) is 0 Å². The lowest BCUT2D eigenvalue weighted by molar-refractivity contribution is -0.112. The number of carbonyl (C=O) groups excluding carboxylic acids is 1. The average Bonchev–Trinajstić information content (AvgIpc) is 2.94. The highest BCUT2D eigenvalue weighted by molar-refractivity contribution is 7.08. The Morgan fingerprint density at radius 3 is 2.82 bits per heavy atom. The van der Waals surface area contributed by atoms with E-state index >= 15 is 0 Å². The summed E-state index contributed by atoms with van der Waals surface area (Å²) in [5.74, 6) is 0.0670. The SMILES string of the molecule is CN1C(=O)C(=Cc2ccsc2)c2ccccc21. The molecule has 0 atom stereocenters. The molecule has 0 saturated heterocycles. The Morgan fingerprint density at radius 1 is 1.24 bits per heavy atom. The summed E-state index contributed by atoms with van der Waals surface area (Å²) < 4.78 is 0. The number of anilines is 1. The van der Waals surface area contributed by atoms with E-state index in [2.05, 4.69) is 0 Å². The van der Waals surface area contributed by atoms with Crippen molar-refractivity contribution in [1.82, 2.24) is 0 Å². The van der Waals surface area contributed by atoms with Crippen molar-refractivity contribution in [2.45, 2.75) is 0 Å². The first-order valence-corrected chi connectivity index (χ1v) is 6.33. The number of fused-ring (bicyclic) bond motifs is 1. The van der Waals surface area contributed by atoms with Crippen LogP contribution in [0.1, 0.15) is 11.1 Å². The molecule has 1 amide bonds. The van der Waals surface area contributed by atoms with E-state index in [9.17, 15) is 4.79 Å². The molecule has 3 rings (SSSR count). The van der Waals surface area contributed by atoms with Crippen molar-refractivity contribution in [2.75, 3.05) is 11.9 Å². The molecule has 84 valence electrons. The topological polar surface area (TPSA) is 20.3 Å². The molecule has 3 heteroatoms. The van der Waals surface area contributed by atoms with Crippen molar-refractivity contribution in [3.63, 3.8) is 0 Å². The lowest BCUT2D eigenvalue weighted by Gasteiger charge is -2.07. The number of amides is 1. The highest BCUT2D eigenvalue weighted by Crippen LogP contribution is 2.36. The van der Waals surface area contributed by atoms with E-state index in [0.717, 1.165) is 22.4 Å². The number of hydrogen-bond donors (Lipinski definition) is 0. The predicted molar refractivity (Wildman–Crippen MR) is 72.0 cm³/mol. The molecule has 1 aliphatic rings. The van der Waals surface area contributed by atoms with Gasteiger partial charge in [0.25, 0.3) is 5.91 Å². The van der Waals surface area contributed by atoms with E-state index in [1.807, 2.05) is 54.2 Å². The van der Waals surface area contributed by atoms with Gasteiger partial charge in [0.2, 0.25) is 0 Å². The summed E-state index contributed by atoms with van der Waals surface area (Å²) in [5, 5.41) is 4.06. The van der Waals surface area contributed by atoms with Crippen LogP contribution in [0.15, 0.2) is 41.1 Å². The summed E-state index contributed by atoms with van der Waals surface area (Å²) in [6, 6.07) is 9.91. The molecular formula is C14H11NOS. The van der Waals surface area contributed by atoms with Gasteiger partial charge in [0.1, 0.15) is 0 Å². The summed E-state index contributed by atoms with van der Waals surface area (Å²) >= 11 is 1.64. The van der Waals surface area contributed by atoms with Gasteiger partial charge in [-0.05, 0) is 34.5 Å². The van der Waals surface area contributed by atoms with Crippen LogP contribution in [-0.4, -0.2) is 13.0 Å². The van der Waals surface area contributed by atoms with Gasteiger partial charge in [-0.2, -0.15) is 11.3 Å². The molecule has 0 bridgehead atoms. The lowest BCUT2D eigenvalue weighted by Crippen LogP contribution is -2.20. The minimum absolute atomic E-state index is 0.0670. The maximum absolute atomic E-state index is 12.1. The Morgan fingerprint density at radius 2 is 2.06 bits per heavy atom. The summed E-state index contributed by atoms with van der Waals surface area (Å²) in [4.78, 5) is 13.9. The monoisotopic (exact) mass is 241 g/mol. The van der Waals surface area contributed by atoms with Gasteiger partial charge in [-0.15, -0.1) is 0 Å². The minimum Gasteiger partial charge on any atom is -0.311 e. The van der Waals surface area contributed by atoms with Crippen molar-refractivity contribution < 1.29 is 4.79 Å². The molecule has 0 aliphatic carbocycles. The first kappa shape index (κ1) is 10.3. The van der Waals surface area contributed by atoms with Crippen LogP contribution in [0.25, 0.3) is 11.6 Å². The van der Waals surface area contributed by atoms with Gasteiger partial charge in [0.15, 0.2) is 0 Å². The Hall–Kier alpha value is -1.87. The Kier molecular flexibility index (Phi) is 2.34. The second-order valence-electron chi connectivity index (χ2n) is 4.00. The van der Waals surface area contributed by atoms with Gasteiger partial charge in [-0.25, -0.2) is 0 Å². The molecule has 2 nitrogen and oxygen atoms in total. The number of nitrogens with zero attached hydrogens (tertiary/aromatic N) is 1. The fraction of sp³-hybridized carbons (Fsp3) is 0.0714. The van der Waals surface area contributed by atoms with Gasteiger partial charge >= 0.3 is 0 Å². The molecule has 1 aliphatic heterocycles. The number of rotatable bonds is 1. The maximum atomic E-state index is 12.1. The third kappa shape index (κ3) is 1.59. The summed E-state index contributed by atoms with van der Waals surface area (Å²) in [6.45, 7) is 0. The van der Waals surface area contributed by atoms with Crippen LogP contribution in [-0.2, 0) is 4.79 Å². The molecule has 0 saturated carbocycles. The van der Waals surface area contributed by atoms with Gasteiger partial charge in [0.05, 0.1) is 5.69 Å². The average molecular weight is 241 g/mol. The molecule has 1 aromatic heterocycles. The molecule has 0 unspecified atom stereocenters. The number of para-hydroxylation sites is 1. The van der Waals surface area contributed by atoms with E-state index in [0.29, 0.717) is 0 Å². The van der Waals surface area contributed by atoms with Crippen molar-refractivity contribution in [1.29, 1.82) is 0 Å². The largest absolute Gasteiger partial charge is 0.311 e. The van der Waals surface area contributed by atoms with Crippen LogP contribution in [0.2, 0.25) is 0 Å². The molecule has 0 radical (unpaired) electrons. The van der Waals surface area contributed by atoms with Crippen LogP contribution in [0.4, 0.5) is 5.69 Å². The Labute approximate surface area is 104 Å². The summed E-state index contributed by atoms with van der Waals surface area (Å²) in [5.41, 5.74) is 3.87. The van der Waals surface area contributed by atoms with Crippen LogP contribution in [0, 0.1) is 0 Å². The second kappa shape index (κ2) is 3.86. The number of carbonyl (C=O) groups is 1. The normalized spacial score (nSPS) is 16.6. The van der Waals surface area contributed by atoms with Crippen molar-refractivity contribution in [3.8, 4) is 0 Å². The molecule has 17 heavy (non-hydrogen) atoms. The standard InChI is InChI=1S/C14H11NOS/c1-15-13-5-3-2-4-11(13)12(14(15)16)8-10-6-7-17-9-10/h2-9H,1H3. The fourth-order valence-electron chi connectivity index (χ4n) is 2.06. The summed E-state index contributed by atoms with van der Waals surface area (Å²) in [7, 11) is 1.82. The van der Waals surface area contributed by atoms with Crippen LogP contribution >= 0.6 is 11.3 Å². The molecule has 0 N–H and O–H groups in total. The Bertz CT molecular complexity index is 598. The molecule has 0 spiro atoms. The van der Waals surface area contributed by atoms with Gasteiger partial charge in [0, 0.05) is 18.2 Å². The highest BCUT2D eigenvalue weighted by atomic mass is 32.1. The molecule has 2 heterocycles. The molecule has 1 aromatic carbocycles. The van der Waals surface area contributed by atoms with E-state index in [-0.39, 0.29) is 5.91 Å². The summed E-state index contributed by atoms with van der Waals surface area (Å²) in [6.07, 6.45) is 1.96. The highest BCUT2D eigenvalue weighted by Gasteiger charge is 2.28. The number of thiophene rings is 1. The zero-order valence-corrected chi connectivity index (χ0v) is 10.2. The third-order valence-electron chi connectivity index (χ3n) is 2.94. The molecular weight excluding hydrogens is 230 g/mol. The van der Waals surface area contributed by atoms with Crippen molar-refractivity contribution >= 4 is 34.6 Å². The quantitative estimate of drug-likeness (QED) is 0.702. The smallest absolute Gasteiger partial charge is 0.258 e. The predicted octanol–water partition coefficient (Wildman–Crippen LogP) is 3.27. The Balaban J connectivity index is 2.16. The van der Waals surface area contributed by atoms with Gasteiger partial charge in [-0.1, -0.05) is 18.2 Å². The van der Waals surface area contributed by atoms with Crippen molar-refractivity contribution in [2.24, 2.45) is 0 Å². The van der Waals surface area contributed by atoms with Crippen LogP contribution < -0.4 is 4.90 Å². The van der Waals surface area contributed by atoms with E-state index < -0.39 is 0 Å². The van der Waals surface area contributed by atoms with E-state index in [1.54, 1.807) is 16.2 Å². The van der Waals surface area contributed by atoms with E-state index in [1.165, 1.54) is 0 Å². The first-order chi connectivity index (χ1) is 8.27. The number of benzene rings is 1. The van der Waals surface area contributed by atoms with E-state index in [4.69, 9.17) is 0 Å². The first-order valence-electron chi connectivity index (χ1n) is 5.39. The fourth-order valence-corrected chi connectivity index (χ4v) is 2.68. The van der Waals surface area contributed by atoms with Gasteiger partial charge in [-0.3, -0.25) is 4.79 Å².